The van der Waals surface area contributed by atoms with Gasteiger partial charge in [-0.2, -0.15) is 0 Å². The van der Waals surface area contributed by atoms with Crippen LogP contribution in [0.3, 0.4) is 0 Å². The Morgan fingerprint density at radius 1 is 1.35 bits per heavy atom. The van der Waals surface area contributed by atoms with E-state index in [1.165, 1.54) is 11.1 Å². The molecule has 2 rings (SSSR count). The molecule has 17 heavy (non-hydrogen) atoms. The minimum Gasteiger partial charge on any atom is -0.377 e. The molecule has 0 aliphatic rings. The van der Waals surface area contributed by atoms with Crippen LogP contribution in [0, 0.1) is 13.8 Å². The summed E-state index contributed by atoms with van der Waals surface area (Å²) in [5, 5.41) is 3.42. The van der Waals surface area contributed by atoms with E-state index in [9.17, 15) is 0 Å². The van der Waals surface area contributed by atoms with Crippen LogP contribution < -0.4 is 5.32 Å². The van der Waals surface area contributed by atoms with Crippen molar-refractivity contribution in [1.82, 2.24) is 9.55 Å². The highest BCUT2D eigenvalue weighted by Crippen LogP contribution is 2.28. The van der Waals surface area contributed by atoms with Gasteiger partial charge in [-0.25, -0.2) is 4.98 Å². The van der Waals surface area contributed by atoms with Crippen molar-refractivity contribution in [2.75, 3.05) is 5.32 Å². The van der Waals surface area contributed by atoms with Crippen molar-refractivity contribution in [3.05, 3.63) is 46.0 Å². The lowest BCUT2D eigenvalue weighted by molar-refractivity contribution is 0.812. The zero-order valence-corrected chi connectivity index (χ0v) is 11.9. The molecule has 0 aliphatic carbocycles. The number of imidazole rings is 1. The Bertz CT molecular complexity index is 508. The number of hydrogen-bond acceptors (Lipinski definition) is 2. The Labute approximate surface area is 110 Å². The second-order valence-corrected chi connectivity index (χ2v) is 5.10. The van der Waals surface area contributed by atoms with Crippen LogP contribution >= 0.6 is 15.9 Å². The number of nitrogens with zero attached hydrogens (tertiary/aromatic N) is 2. The van der Waals surface area contributed by atoms with Gasteiger partial charge in [-0.05, 0) is 47.0 Å². The fourth-order valence-electron chi connectivity index (χ4n) is 1.87. The Balaban J connectivity index is 2.17. The van der Waals surface area contributed by atoms with E-state index in [1.807, 2.05) is 24.0 Å². The maximum Gasteiger partial charge on any atom is 0.127 e. The normalized spacial score (nSPS) is 10.6. The number of rotatable bonds is 3. The number of anilines is 1. The highest BCUT2D eigenvalue weighted by molar-refractivity contribution is 9.10. The van der Waals surface area contributed by atoms with E-state index < -0.39 is 0 Å². The number of aromatic nitrogens is 2. The van der Waals surface area contributed by atoms with Gasteiger partial charge in [0.05, 0.1) is 12.2 Å². The minimum absolute atomic E-state index is 0.728. The summed E-state index contributed by atoms with van der Waals surface area (Å²) in [5.41, 5.74) is 3.64. The first-order valence-corrected chi connectivity index (χ1v) is 6.34. The third-order valence-electron chi connectivity index (χ3n) is 2.78. The van der Waals surface area contributed by atoms with Crippen LogP contribution in [0.4, 0.5) is 5.69 Å². The van der Waals surface area contributed by atoms with Gasteiger partial charge in [-0.1, -0.05) is 6.07 Å². The molecule has 4 heteroatoms. The Kier molecular flexibility index (Phi) is 3.52. The molecule has 0 saturated carbocycles. The average molecular weight is 294 g/mol. The van der Waals surface area contributed by atoms with E-state index in [0.29, 0.717) is 0 Å². The molecule has 1 N–H and O–H groups in total. The molecule has 0 atom stereocenters. The lowest BCUT2D eigenvalue weighted by atomic mass is 10.1. The van der Waals surface area contributed by atoms with Crippen LogP contribution in [0.1, 0.15) is 17.0 Å². The van der Waals surface area contributed by atoms with Gasteiger partial charge in [0, 0.05) is 23.9 Å². The van der Waals surface area contributed by atoms with Crippen molar-refractivity contribution in [1.29, 1.82) is 0 Å². The highest BCUT2D eigenvalue weighted by atomic mass is 79.9. The SMILES string of the molecule is Cc1cc(C)c(NCc2nccn2C)c(Br)c1. The second-order valence-electron chi connectivity index (χ2n) is 4.25. The van der Waals surface area contributed by atoms with E-state index in [2.05, 4.69) is 52.2 Å². The molecule has 0 radical (unpaired) electrons. The molecule has 90 valence electrons. The molecule has 3 nitrogen and oxygen atoms in total. The van der Waals surface area contributed by atoms with E-state index in [-0.39, 0.29) is 0 Å². The Hall–Kier alpha value is -1.29. The van der Waals surface area contributed by atoms with Gasteiger partial charge in [0.2, 0.25) is 0 Å². The summed E-state index contributed by atoms with van der Waals surface area (Å²) < 4.78 is 3.12. The van der Waals surface area contributed by atoms with E-state index in [0.717, 1.165) is 22.5 Å². The third-order valence-corrected chi connectivity index (χ3v) is 3.40. The highest BCUT2D eigenvalue weighted by Gasteiger charge is 2.06. The predicted molar refractivity (Wildman–Crippen MR) is 74.2 cm³/mol. The van der Waals surface area contributed by atoms with E-state index in [4.69, 9.17) is 0 Å². The number of nitrogens with one attached hydrogen (secondary N) is 1. The number of aryl methyl sites for hydroxylation is 3. The van der Waals surface area contributed by atoms with Crippen molar-refractivity contribution in [3.63, 3.8) is 0 Å². The number of hydrogen-bond donors (Lipinski definition) is 1. The molecule has 0 amide bonds. The van der Waals surface area contributed by atoms with Crippen molar-refractivity contribution >= 4 is 21.6 Å². The monoisotopic (exact) mass is 293 g/mol. The predicted octanol–water partition coefficient (Wildman–Crippen LogP) is 3.41. The first kappa shape index (κ1) is 12.2. The van der Waals surface area contributed by atoms with Gasteiger partial charge in [0.15, 0.2) is 0 Å². The molecule has 0 fully saturated rings. The van der Waals surface area contributed by atoms with Crippen LogP contribution in [0.2, 0.25) is 0 Å². The zero-order valence-electron chi connectivity index (χ0n) is 10.3. The van der Waals surface area contributed by atoms with Crippen molar-refractivity contribution in [2.45, 2.75) is 20.4 Å². The standard InChI is InChI=1S/C13H16BrN3/c1-9-6-10(2)13(11(14)7-9)16-8-12-15-4-5-17(12)3/h4-7,16H,8H2,1-3H3. The smallest absolute Gasteiger partial charge is 0.127 e. The summed E-state index contributed by atoms with van der Waals surface area (Å²) in [6.45, 7) is 4.94. The van der Waals surface area contributed by atoms with Gasteiger partial charge in [-0.3, -0.25) is 0 Å². The Morgan fingerprint density at radius 2 is 2.12 bits per heavy atom. The molecule has 0 saturated heterocycles. The molecule has 1 heterocycles. The summed E-state index contributed by atoms with van der Waals surface area (Å²) in [7, 11) is 2.00. The molecule has 0 aliphatic heterocycles. The molecule has 2 aromatic rings. The molecule has 0 unspecified atom stereocenters. The molecule has 0 spiro atoms. The maximum atomic E-state index is 4.29. The summed E-state index contributed by atoms with van der Waals surface area (Å²) in [5.74, 6) is 1.02. The summed E-state index contributed by atoms with van der Waals surface area (Å²) in [6.07, 6.45) is 3.77. The molecular formula is C13H16BrN3. The van der Waals surface area contributed by atoms with Gasteiger partial charge >= 0.3 is 0 Å². The van der Waals surface area contributed by atoms with Gasteiger partial charge in [-0.15, -0.1) is 0 Å². The summed E-state index contributed by atoms with van der Waals surface area (Å²) in [6, 6.07) is 4.29. The van der Waals surface area contributed by atoms with Crippen molar-refractivity contribution < 1.29 is 0 Å². The Morgan fingerprint density at radius 3 is 2.71 bits per heavy atom. The van der Waals surface area contributed by atoms with Crippen molar-refractivity contribution in [2.24, 2.45) is 7.05 Å². The van der Waals surface area contributed by atoms with Crippen LogP contribution in [0.5, 0.6) is 0 Å². The number of halogens is 1. The maximum absolute atomic E-state index is 4.29. The zero-order chi connectivity index (χ0) is 12.4. The van der Waals surface area contributed by atoms with Gasteiger partial charge in [0.1, 0.15) is 5.82 Å². The van der Waals surface area contributed by atoms with Crippen LogP contribution in [-0.2, 0) is 13.6 Å². The molecule has 1 aromatic heterocycles. The quantitative estimate of drug-likeness (QED) is 0.940. The van der Waals surface area contributed by atoms with E-state index >= 15 is 0 Å². The number of benzene rings is 1. The van der Waals surface area contributed by atoms with Gasteiger partial charge in [0.25, 0.3) is 0 Å². The average Bonchev–Trinajstić information content (AvgIpc) is 2.62. The lowest BCUT2D eigenvalue weighted by Crippen LogP contribution is -2.07. The lowest BCUT2D eigenvalue weighted by Gasteiger charge is -2.12. The first-order valence-electron chi connectivity index (χ1n) is 5.54. The molecular weight excluding hydrogens is 278 g/mol. The molecule has 1 aromatic carbocycles. The topological polar surface area (TPSA) is 29.9 Å². The minimum atomic E-state index is 0.728. The largest absolute Gasteiger partial charge is 0.377 e. The molecule has 0 bridgehead atoms. The first-order chi connectivity index (χ1) is 8.08. The van der Waals surface area contributed by atoms with Crippen LogP contribution in [0.15, 0.2) is 29.0 Å². The van der Waals surface area contributed by atoms with Crippen molar-refractivity contribution in [3.8, 4) is 0 Å². The van der Waals surface area contributed by atoms with Gasteiger partial charge < -0.3 is 9.88 Å². The third kappa shape index (κ3) is 2.69. The summed E-state index contributed by atoms with van der Waals surface area (Å²) >= 11 is 3.59. The fourth-order valence-corrected chi connectivity index (χ4v) is 2.69. The fraction of sp³-hybridized carbons (Fsp3) is 0.308. The van der Waals surface area contributed by atoms with Crippen LogP contribution in [-0.4, -0.2) is 9.55 Å². The second kappa shape index (κ2) is 4.92. The van der Waals surface area contributed by atoms with Crippen LogP contribution in [0.25, 0.3) is 0 Å². The summed E-state index contributed by atoms with van der Waals surface area (Å²) in [4.78, 5) is 4.29. The van der Waals surface area contributed by atoms with E-state index in [1.54, 1.807) is 0 Å².